The number of pyridine rings is 1. The lowest BCUT2D eigenvalue weighted by Crippen LogP contribution is -2.54. The highest BCUT2D eigenvalue weighted by Gasteiger charge is 2.45. The van der Waals surface area contributed by atoms with Crippen molar-refractivity contribution in [3.63, 3.8) is 0 Å². The van der Waals surface area contributed by atoms with Gasteiger partial charge in [0.05, 0.1) is 51.8 Å². The number of hydrogen-bond donors (Lipinski definition) is 4. The normalized spacial score (nSPS) is 24.6. The van der Waals surface area contributed by atoms with Crippen LogP contribution in [0.3, 0.4) is 0 Å². The number of nitrogens with zero attached hydrogens (tertiary/aromatic N) is 10. The summed E-state index contributed by atoms with van der Waals surface area (Å²) in [5.41, 5.74) is 14.5. The molecule has 5 saturated heterocycles. The molecule has 6 aromatic rings. The Balaban J connectivity index is 0.572. The number of piperazine rings is 1. The smallest absolute Gasteiger partial charge is 0.243 e. The van der Waals surface area contributed by atoms with Gasteiger partial charge in [0, 0.05) is 113 Å². The second kappa shape index (κ2) is 23.8. The molecule has 9 heterocycles. The van der Waals surface area contributed by atoms with E-state index in [2.05, 4.69) is 69.3 Å². The fraction of sp³-hybridized carbons (Fsp3) is 0.532. The average Bonchev–Trinajstić information content (AvgIpc) is 4.45. The van der Waals surface area contributed by atoms with Gasteiger partial charge >= 0.3 is 0 Å². The van der Waals surface area contributed by atoms with Gasteiger partial charge in [-0.25, -0.2) is 9.97 Å². The number of aromatic hydroxyl groups is 1. The number of aliphatic hydroxyl groups excluding tert-OH is 1. The molecule has 1 aliphatic carbocycles. The highest BCUT2D eigenvalue weighted by molar-refractivity contribution is 7.13. The Labute approximate surface area is 484 Å². The summed E-state index contributed by atoms with van der Waals surface area (Å²) in [6.45, 7) is 15.7. The summed E-state index contributed by atoms with van der Waals surface area (Å²) < 4.78 is 19.1. The first-order valence-corrected chi connectivity index (χ1v) is 30.6. The van der Waals surface area contributed by atoms with E-state index in [1.807, 2.05) is 87.9 Å². The number of aliphatic hydroxyl groups is 1. The van der Waals surface area contributed by atoms with Crippen molar-refractivity contribution in [1.82, 2.24) is 40.4 Å². The Morgan fingerprint density at radius 1 is 0.817 bits per heavy atom. The Kier molecular flexibility index (Phi) is 16.1. The summed E-state index contributed by atoms with van der Waals surface area (Å²) in [5, 5.41) is 37.5. The number of amides is 2. The zero-order chi connectivity index (χ0) is 56.8. The number of nitrogens with two attached hydrogens (primary N) is 1. The van der Waals surface area contributed by atoms with Crippen LogP contribution in [-0.4, -0.2) is 152 Å². The lowest BCUT2D eigenvalue weighted by molar-refractivity contribution is -0.141. The number of piperidine rings is 2. The Hall–Kier alpha value is -6.87. The lowest BCUT2D eigenvalue weighted by Gasteiger charge is -2.44. The lowest BCUT2D eigenvalue weighted by atomic mass is 9.88. The van der Waals surface area contributed by atoms with Crippen LogP contribution in [-0.2, 0) is 14.3 Å². The van der Waals surface area contributed by atoms with Gasteiger partial charge in [0.15, 0.2) is 17.4 Å². The molecule has 20 heteroatoms. The number of hydrogen-bond acceptors (Lipinski definition) is 18. The van der Waals surface area contributed by atoms with Crippen LogP contribution in [0.5, 0.6) is 11.6 Å². The number of aromatic nitrogens is 5. The molecule has 6 aliphatic rings. The molecular formula is C62H78N12O7S. The number of carbonyl (C=O) groups is 2. The molecule has 12 rings (SSSR count). The predicted molar refractivity (Wildman–Crippen MR) is 316 cm³/mol. The summed E-state index contributed by atoms with van der Waals surface area (Å²) in [5.74, 6) is 1.67. The van der Waals surface area contributed by atoms with Crippen molar-refractivity contribution in [2.24, 2.45) is 11.8 Å². The van der Waals surface area contributed by atoms with E-state index in [0.29, 0.717) is 52.8 Å². The predicted octanol–water partition coefficient (Wildman–Crippen LogP) is 8.38. The first kappa shape index (κ1) is 55.7. The highest BCUT2D eigenvalue weighted by Crippen LogP contribution is 2.41. The number of benzene rings is 2. The van der Waals surface area contributed by atoms with Gasteiger partial charge in [-0.15, -0.1) is 21.5 Å². The zero-order valence-corrected chi connectivity index (χ0v) is 48.5. The fourth-order valence-corrected chi connectivity index (χ4v) is 14.6. The molecule has 5 N–H and O–H groups in total. The summed E-state index contributed by atoms with van der Waals surface area (Å²) in [6, 6.07) is 23.3. The van der Waals surface area contributed by atoms with Crippen molar-refractivity contribution >= 4 is 46.2 Å². The minimum absolute atomic E-state index is 0.0815. The van der Waals surface area contributed by atoms with Crippen molar-refractivity contribution < 1.29 is 33.8 Å². The van der Waals surface area contributed by atoms with Crippen LogP contribution >= 0.6 is 11.3 Å². The number of nitrogen functional groups attached to an aromatic ring is 1. The number of likely N-dealkylation sites (tertiary alicyclic amines) is 2. The SMILES string of the molecule is Cc1ncsc1-c1ccc([C@H](C)NC(=O)[C@@H]2C[C@@H](O)CN2C(=O)[C@@H](c2cc(N3CCC(C(C)N4CCC(OC5CC(Oc6cc(N7C8CC[C@@H]7CN(c7cc(-c9ccccc9O)nnc7N)C8)ccn6)C5)CC4)CC3)no2)C(C)C)cc1. The quantitative estimate of drug-likeness (QED) is 0.0673. The topological polar surface area (TPSA) is 225 Å². The molecule has 6 fully saturated rings. The summed E-state index contributed by atoms with van der Waals surface area (Å²) in [4.78, 5) is 49.7. The van der Waals surface area contributed by atoms with Gasteiger partial charge in [0.2, 0.25) is 17.7 Å². The molecule has 4 aromatic heterocycles. The molecule has 5 aliphatic heterocycles. The number of ether oxygens (including phenoxy) is 2. The van der Waals surface area contributed by atoms with Crippen LogP contribution in [0.1, 0.15) is 114 Å². The summed E-state index contributed by atoms with van der Waals surface area (Å²) in [6.07, 6.45) is 9.76. The molecule has 0 radical (unpaired) electrons. The van der Waals surface area contributed by atoms with Gasteiger partial charge in [-0.1, -0.05) is 55.4 Å². The number of aryl methyl sites for hydroxylation is 1. The standard InChI is InChI=1S/C62H78N12O7S/c1-36(2)58(62(78)73-34-46(75)27-53(73)61(77)66-37(3)40-10-12-42(13-11-40)59-38(4)65-35-82-59)55-31-56(69-81-55)71-22-17-41(18-23-71)39(5)70-24-19-47(20-25-70)79-48-28-49(29-48)80-57-26-43(16-21-64-57)74-44-14-15-45(74)33-72(32-44)52-30-51(67-68-60(52)63)50-8-6-7-9-54(50)76/h6-13,16,21,26,30-31,35-37,39,41,44-49,53,58,75-76H,14-15,17-20,22-25,27-29,32-34H2,1-5H3,(H2,63,68)(H,66,77)/t37-,39?,44+,45?,46+,48?,49?,53-,58+/m0/s1. The number of thiazole rings is 1. The molecule has 2 amide bonds. The van der Waals surface area contributed by atoms with Crippen LogP contribution < -0.4 is 30.5 Å². The number of phenols is 1. The third kappa shape index (κ3) is 11.6. The minimum Gasteiger partial charge on any atom is -0.507 e. The monoisotopic (exact) mass is 1130 g/mol. The number of nitrogens with one attached hydrogen (secondary N) is 1. The van der Waals surface area contributed by atoms with Crippen molar-refractivity contribution in [2.75, 3.05) is 66.2 Å². The Morgan fingerprint density at radius 3 is 2.27 bits per heavy atom. The van der Waals surface area contributed by atoms with Gasteiger partial charge < -0.3 is 59.8 Å². The maximum atomic E-state index is 14.4. The summed E-state index contributed by atoms with van der Waals surface area (Å²) >= 11 is 1.60. The zero-order valence-electron chi connectivity index (χ0n) is 47.7. The second-order valence-corrected chi connectivity index (χ2v) is 25.0. The second-order valence-electron chi connectivity index (χ2n) is 24.2. The van der Waals surface area contributed by atoms with E-state index in [-0.39, 0.29) is 60.8 Å². The minimum atomic E-state index is -0.805. The van der Waals surface area contributed by atoms with Crippen LogP contribution in [0.4, 0.5) is 23.0 Å². The number of phenolic OH excluding ortho intramolecular Hbond substituents is 1. The van der Waals surface area contributed by atoms with E-state index in [1.165, 1.54) is 0 Å². The third-order valence-corrected chi connectivity index (χ3v) is 19.5. The number of fused-ring (bicyclic) bond motifs is 2. The number of carbonyl (C=O) groups excluding carboxylic acids is 2. The van der Waals surface area contributed by atoms with Crippen molar-refractivity contribution in [3.05, 3.63) is 102 Å². The van der Waals surface area contributed by atoms with E-state index >= 15 is 0 Å². The molecular weight excluding hydrogens is 1060 g/mol. The molecule has 2 aromatic carbocycles. The van der Waals surface area contributed by atoms with E-state index in [1.54, 1.807) is 28.4 Å². The fourth-order valence-electron chi connectivity index (χ4n) is 13.8. The van der Waals surface area contributed by atoms with Crippen molar-refractivity contribution in [2.45, 2.75) is 153 Å². The van der Waals surface area contributed by atoms with Gasteiger partial charge in [-0.05, 0) is 107 Å². The number of para-hydroxylation sites is 1. The van der Waals surface area contributed by atoms with Gasteiger partial charge in [0.1, 0.15) is 23.8 Å². The maximum Gasteiger partial charge on any atom is 0.243 e. The van der Waals surface area contributed by atoms with E-state index in [4.69, 9.17) is 19.7 Å². The van der Waals surface area contributed by atoms with Crippen LogP contribution in [0.2, 0.25) is 0 Å². The average molecular weight is 1140 g/mol. The van der Waals surface area contributed by atoms with Gasteiger partial charge in [-0.3, -0.25) is 9.59 Å². The number of anilines is 4. The van der Waals surface area contributed by atoms with Crippen molar-refractivity contribution in [1.29, 1.82) is 0 Å². The first-order chi connectivity index (χ1) is 39.7. The molecule has 434 valence electrons. The van der Waals surface area contributed by atoms with Crippen molar-refractivity contribution in [3.8, 4) is 33.3 Å². The highest BCUT2D eigenvalue weighted by atomic mass is 32.1. The molecule has 1 saturated carbocycles. The van der Waals surface area contributed by atoms with E-state index in [9.17, 15) is 19.8 Å². The first-order valence-electron chi connectivity index (χ1n) is 29.7. The van der Waals surface area contributed by atoms with Crippen LogP contribution in [0.15, 0.2) is 89.0 Å². The Morgan fingerprint density at radius 2 is 1.56 bits per heavy atom. The molecule has 7 atom stereocenters. The Bertz CT molecular complexity index is 3180. The van der Waals surface area contributed by atoms with Gasteiger partial charge in [0.25, 0.3) is 0 Å². The largest absolute Gasteiger partial charge is 0.507 e. The van der Waals surface area contributed by atoms with Crippen LogP contribution in [0.25, 0.3) is 21.7 Å². The molecule has 82 heavy (non-hydrogen) atoms. The molecule has 0 spiro atoms. The van der Waals surface area contributed by atoms with Crippen LogP contribution in [0, 0.1) is 18.8 Å². The molecule has 19 nitrogen and oxygen atoms in total. The number of rotatable bonds is 17. The van der Waals surface area contributed by atoms with E-state index in [0.717, 1.165) is 130 Å². The maximum absolute atomic E-state index is 14.4. The van der Waals surface area contributed by atoms with E-state index < -0.39 is 18.1 Å². The molecule has 2 bridgehead atoms. The number of β-amino-alcohol motifs (C(OH)–C–C–N with tert-alkyl or cyclic N) is 1. The third-order valence-electron chi connectivity index (χ3n) is 18.5. The van der Waals surface area contributed by atoms with Gasteiger partial charge in [-0.2, -0.15) is 0 Å². The molecule has 2 unspecified atom stereocenters. The summed E-state index contributed by atoms with van der Waals surface area (Å²) in [7, 11) is 0.